The molecule has 2 N–H and O–H groups in total. The van der Waals surface area contributed by atoms with Crippen molar-refractivity contribution in [3.05, 3.63) is 30.5 Å². The molecular weight excluding hydrogens is 102 g/mol. The maximum atomic E-state index is 8.51. The van der Waals surface area contributed by atoms with Gasteiger partial charge in [0.2, 0.25) is 0 Å². The van der Waals surface area contributed by atoms with Crippen molar-refractivity contribution in [3.8, 4) is 0 Å². The van der Waals surface area contributed by atoms with Crippen LogP contribution >= 0.6 is 0 Å². The molecule has 2 nitrogen and oxygen atoms in total. The van der Waals surface area contributed by atoms with Gasteiger partial charge in [-0.3, -0.25) is 0 Å². The van der Waals surface area contributed by atoms with E-state index in [2.05, 4.69) is 5.32 Å². The number of nitrogens with one attached hydrogen (secondary N) is 1. The summed E-state index contributed by atoms with van der Waals surface area (Å²) in [6.07, 6.45) is 7.37. The highest BCUT2D eigenvalue weighted by molar-refractivity contribution is 5.20. The van der Waals surface area contributed by atoms with E-state index in [-0.39, 0.29) is 6.61 Å². The van der Waals surface area contributed by atoms with E-state index in [1.807, 2.05) is 18.2 Å². The van der Waals surface area contributed by atoms with Crippen LogP contribution < -0.4 is 5.32 Å². The monoisotopic (exact) mass is 110 g/mol. The van der Waals surface area contributed by atoms with Crippen LogP contribution in [0, 0.1) is 6.04 Å². The molecular formula is C6H8NO. The van der Waals surface area contributed by atoms with Gasteiger partial charge >= 0.3 is 0 Å². The number of hydrogen-bond acceptors (Lipinski definition) is 2. The Morgan fingerprint density at radius 2 is 2.38 bits per heavy atom. The highest BCUT2D eigenvalue weighted by Crippen LogP contribution is 1.99. The van der Waals surface area contributed by atoms with Gasteiger partial charge in [0.15, 0.2) is 0 Å². The first-order valence-corrected chi connectivity index (χ1v) is 2.50. The summed E-state index contributed by atoms with van der Waals surface area (Å²) in [4.78, 5) is 0. The molecule has 2 heteroatoms. The standard InChI is InChI=1S/C6H8NO/c8-5-6-3-1-2-4-7-6/h1-4,7-8H,5H2. The molecule has 8 heavy (non-hydrogen) atoms. The van der Waals surface area contributed by atoms with Crippen LogP contribution in [0.15, 0.2) is 24.4 Å². The van der Waals surface area contributed by atoms with Crippen LogP contribution in [0.3, 0.4) is 0 Å². The van der Waals surface area contributed by atoms with Gasteiger partial charge in [-0.2, -0.15) is 0 Å². The van der Waals surface area contributed by atoms with Gasteiger partial charge in [0, 0.05) is 0 Å². The summed E-state index contributed by atoms with van der Waals surface area (Å²) in [6, 6.07) is 0.840. The molecule has 0 fully saturated rings. The van der Waals surface area contributed by atoms with Crippen LogP contribution in [0.1, 0.15) is 0 Å². The van der Waals surface area contributed by atoms with E-state index in [4.69, 9.17) is 5.11 Å². The van der Waals surface area contributed by atoms with Gasteiger partial charge in [0.25, 0.3) is 0 Å². The van der Waals surface area contributed by atoms with Crippen molar-refractivity contribution < 1.29 is 5.11 Å². The minimum Gasteiger partial charge on any atom is -0.393 e. The number of aliphatic hydroxyl groups excluding tert-OH is 1. The molecule has 0 saturated heterocycles. The molecule has 0 aromatic heterocycles. The highest BCUT2D eigenvalue weighted by Gasteiger charge is 1.99. The predicted octanol–water partition coefficient (Wildman–Crippen LogP) is 0.184. The maximum Gasteiger partial charge on any atom is 0.108 e. The maximum absolute atomic E-state index is 8.51. The summed E-state index contributed by atoms with van der Waals surface area (Å²) in [7, 11) is 0. The number of aliphatic hydroxyl groups is 1. The predicted molar refractivity (Wildman–Crippen MR) is 31.7 cm³/mol. The first-order chi connectivity index (χ1) is 3.93. The molecule has 0 unspecified atom stereocenters. The quantitative estimate of drug-likeness (QED) is 0.504. The number of allylic oxidation sites excluding steroid dienone is 2. The second kappa shape index (κ2) is 2.52. The fourth-order valence-corrected chi connectivity index (χ4v) is 0.529. The minimum atomic E-state index is 0.0842. The molecule has 0 aromatic carbocycles. The normalized spacial score (nSPS) is 18.6. The number of dihydropyridines is 1. The smallest absolute Gasteiger partial charge is 0.108 e. The lowest BCUT2D eigenvalue weighted by Gasteiger charge is -2.09. The molecule has 0 aliphatic carbocycles. The van der Waals surface area contributed by atoms with Crippen molar-refractivity contribution in [1.29, 1.82) is 0 Å². The second-order valence-corrected chi connectivity index (χ2v) is 1.55. The summed E-state index contributed by atoms with van der Waals surface area (Å²) in [5.41, 5.74) is 0. The average Bonchev–Trinajstić information content (AvgIpc) is 1.90. The molecule has 0 spiro atoms. The van der Waals surface area contributed by atoms with Crippen molar-refractivity contribution in [2.45, 2.75) is 0 Å². The third-order valence-electron chi connectivity index (χ3n) is 0.944. The zero-order chi connectivity index (χ0) is 5.82. The first kappa shape index (κ1) is 5.38. The Labute approximate surface area is 48.5 Å². The van der Waals surface area contributed by atoms with E-state index in [0.717, 1.165) is 6.04 Å². The van der Waals surface area contributed by atoms with E-state index in [1.165, 1.54) is 0 Å². The van der Waals surface area contributed by atoms with Gasteiger partial charge in [-0.25, -0.2) is 0 Å². The molecule has 1 heterocycles. The fourth-order valence-electron chi connectivity index (χ4n) is 0.529. The van der Waals surface area contributed by atoms with Gasteiger partial charge < -0.3 is 10.4 Å². The summed E-state index contributed by atoms with van der Waals surface area (Å²) >= 11 is 0. The van der Waals surface area contributed by atoms with Crippen molar-refractivity contribution in [1.82, 2.24) is 5.32 Å². The van der Waals surface area contributed by atoms with Crippen LogP contribution in [0.25, 0.3) is 0 Å². The molecule has 0 bridgehead atoms. The zero-order valence-electron chi connectivity index (χ0n) is 4.46. The second-order valence-electron chi connectivity index (χ2n) is 1.55. The van der Waals surface area contributed by atoms with E-state index in [0.29, 0.717) is 0 Å². The van der Waals surface area contributed by atoms with Crippen LogP contribution in [-0.4, -0.2) is 11.7 Å². The van der Waals surface area contributed by atoms with Crippen LogP contribution in [0.5, 0.6) is 0 Å². The van der Waals surface area contributed by atoms with E-state index in [1.54, 1.807) is 6.20 Å². The van der Waals surface area contributed by atoms with Gasteiger partial charge in [0.1, 0.15) is 6.04 Å². The first-order valence-electron chi connectivity index (χ1n) is 2.50. The summed E-state index contributed by atoms with van der Waals surface area (Å²) in [5, 5.41) is 11.4. The molecule has 0 atom stereocenters. The number of hydrogen-bond donors (Lipinski definition) is 2. The summed E-state index contributed by atoms with van der Waals surface area (Å²) in [6.45, 7) is 0.0842. The van der Waals surface area contributed by atoms with Gasteiger partial charge in [-0.05, 0) is 12.3 Å². The lowest BCUT2D eigenvalue weighted by molar-refractivity contribution is 0.307. The van der Waals surface area contributed by atoms with Crippen LogP contribution in [0.2, 0.25) is 0 Å². The highest BCUT2D eigenvalue weighted by atomic mass is 16.3. The van der Waals surface area contributed by atoms with Crippen LogP contribution in [0.4, 0.5) is 0 Å². The third-order valence-corrected chi connectivity index (χ3v) is 0.944. The molecule has 1 aliphatic heterocycles. The molecule has 43 valence electrons. The lowest BCUT2D eigenvalue weighted by atomic mass is 10.2. The Morgan fingerprint density at radius 1 is 1.50 bits per heavy atom. The van der Waals surface area contributed by atoms with E-state index < -0.39 is 0 Å². The van der Waals surface area contributed by atoms with Crippen molar-refractivity contribution in [3.63, 3.8) is 0 Å². The number of rotatable bonds is 1. The van der Waals surface area contributed by atoms with Crippen molar-refractivity contribution in [2.75, 3.05) is 6.61 Å². The average molecular weight is 110 g/mol. The van der Waals surface area contributed by atoms with Crippen LogP contribution in [-0.2, 0) is 0 Å². The zero-order valence-corrected chi connectivity index (χ0v) is 4.46. The molecule has 0 saturated carbocycles. The topological polar surface area (TPSA) is 32.3 Å². The Balaban J connectivity index is 2.40. The third kappa shape index (κ3) is 1.10. The van der Waals surface area contributed by atoms with Crippen molar-refractivity contribution in [2.24, 2.45) is 0 Å². The molecule has 0 amide bonds. The van der Waals surface area contributed by atoms with Crippen molar-refractivity contribution >= 4 is 0 Å². The SMILES string of the molecule is OC[C]1C=CC=CN1. The minimum absolute atomic E-state index is 0.0842. The van der Waals surface area contributed by atoms with E-state index in [9.17, 15) is 0 Å². The largest absolute Gasteiger partial charge is 0.393 e. The molecule has 1 radical (unpaired) electrons. The van der Waals surface area contributed by atoms with E-state index >= 15 is 0 Å². The van der Waals surface area contributed by atoms with Gasteiger partial charge in [0.05, 0.1) is 6.61 Å². The molecule has 0 aromatic rings. The molecule has 1 aliphatic rings. The molecule has 1 rings (SSSR count). The van der Waals surface area contributed by atoms with Gasteiger partial charge in [-0.15, -0.1) is 0 Å². The Bertz CT molecular complexity index is 118. The summed E-state index contributed by atoms with van der Waals surface area (Å²) in [5.74, 6) is 0. The van der Waals surface area contributed by atoms with Gasteiger partial charge in [-0.1, -0.05) is 12.2 Å². The Hall–Kier alpha value is -0.760. The Kier molecular flexibility index (Phi) is 1.70. The summed E-state index contributed by atoms with van der Waals surface area (Å²) < 4.78 is 0. The fraction of sp³-hybridized carbons (Fsp3) is 0.167. The lowest BCUT2D eigenvalue weighted by Crippen LogP contribution is -2.17. The Morgan fingerprint density at radius 3 is 2.75 bits per heavy atom.